The zero-order valence-electron chi connectivity index (χ0n) is 11.2. The third-order valence-electron chi connectivity index (χ3n) is 2.40. The van der Waals surface area contributed by atoms with Crippen molar-refractivity contribution in [2.45, 2.75) is 20.0 Å². The molecular weight excluding hydrogens is 281 g/mol. The summed E-state index contributed by atoms with van der Waals surface area (Å²) in [6, 6.07) is 8.99. The second-order valence-corrected chi connectivity index (χ2v) is 4.99. The Labute approximate surface area is 122 Å². The van der Waals surface area contributed by atoms with Crippen molar-refractivity contribution < 1.29 is 13.9 Å². The summed E-state index contributed by atoms with van der Waals surface area (Å²) in [5, 5.41) is 0.193. The van der Waals surface area contributed by atoms with Gasteiger partial charge in [-0.3, -0.25) is 0 Å². The quantitative estimate of drug-likeness (QED) is 0.836. The Morgan fingerprint density at radius 1 is 1.10 bits per heavy atom. The van der Waals surface area contributed by atoms with E-state index < -0.39 is 5.82 Å². The van der Waals surface area contributed by atoms with Crippen LogP contribution in [0.5, 0.6) is 17.2 Å². The zero-order chi connectivity index (χ0) is 14.7. The lowest BCUT2D eigenvalue weighted by molar-refractivity contribution is 0.242. The van der Waals surface area contributed by atoms with Crippen LogP contribution in [0.2, 0.25) is 5.02 Å². The van der Waals surface area contributed by atoms with E-state index in [4.69, 9.17) is 26.8 Å². The van der Waals surface area contributed by atoms with Crippen molar-refractivity contribution in [2.75, 3.05) is 5.73 Å². The number of benzene rings is 2. The van der Waals surface area contributed by atoms with E-state index in [1.165, 1.54) is 18.2 Å². The average molecular weight is 296 g/mol. The number of hydrogen-bond donors (Lipinski definition) is 1. The fourth-order valence-corrected chi connectivity index (χ4v) is 1.88. The molecule has 0 saturated heterocycles. The molecule has 0 aliphatic rings. The highest BCUT2D eigenvalue weighted by Crippen LogP contribution is 2.33. The molecule has 3 nitrogen and oxygen atoms in total. The molecule has 0 bridgehead atoms. The summed E-state index contributed by atoms with van der Waals surface area (Å²) in [6.45, 7) is 3.83. The monoisotopic (exact) mass is 295 g/mol. The number of rotatable bonds is 4. The molecule has 0 heterocycles. The molecule has 0 amide bonds. The summed E-state index contributed by atoms with van der Waals surface area (Å²) in [4.78, 5) is 0. The van der Waals surface area contributed by atoms with Crippen LogP contribution in [0.15, 0.2) is 36.4 Å². The van der Waals surface area contributed by atoms with E-state index in [2.05, 4.69) is 0 Å². The summed E-state index contributed by atoms with van der Waals surface area (Å²) >= 11 is 5.92. The summed E-state index contributed by atoms with van der Waals surface area (Å²) in [6.07, 6.45) is 0.0269. The van der Waals surface area contributed by atoms with Crippen LogP contribution < -0.4 is 15.2 Å². The Morgan fingerprint density at radius 3 is 2.45 bits per heavy atom. The summed E-state index contributed by atoms with van der Waals surface area (Å²) in [5.74, 6) is 1.02. The fraction of sp³-hybridized carbons (Fsp3) is 0.200. The maximum Gasteiger partial charge on any atom is 0.146 e. The SMILES string of the molecule is CC(C)Oc1cc(N)cc(Oc2ccc(F)cc2Cl)c1. The maximum absolute atomic E-state index is 13.0. The fourth-order valence-electron chi connectivity index (χ4n) is 1.68. The third-order valence-corrected chi connectivity index (χ3v) is 2.69. The van der Waals surface area contributed by atoms with E-state index in [1.807, 2.05) is 13.8 Å². The number of hydrogen-bond acceptors (Lipinski definition) is 3. The molecule has 0 fully saturated rings. The molecule has 0 aliphatic heterocycles. The van der Waals surface area contributed by atoms with Crippen LogP contribution in [0.25, 0.3) is 0 Å². The molecule has 0 aromatic heterocycles. The molecule has 0 saturated carbocycles. The molecule has 0 radical (unpaired) electrons. The second kappa shape index (κ2) is 6.01. The van der Waals surface area contributed by atoms with E-state index in [0.29, 0.717) is 22.9 Å². The van der Waals surface area contributed by atoms with Crippen LogP contribution >= 0.6 is 11.6 Å². The average Bonchev–Trinajstić information content (AvgIpc) is 2.31. The van der Waals surface area contributed by atoms with Crippen LogP contribution in [0.4, 0.5) is 10.1 Å². The first kappa shape index (κ1) is 14.5. The molecular formula is C15H15ClFNO2. The van der Waals surface area contributed by atoms with Crippen LogP contribution in [0.3, 0.4) is 0 Å². The molecule has 2 aromatic rings. The van der Waals surface area contributed by atoms with E-state index in [1.54, 1.807) is 18.2 Å². The van der Waals surface area contributed by atoms with Gasteiger partial charge in [-0.15, -0.1) is 0 Å². The van der Waals surface area contributed by atoms with Gasteiger partial charge in [0.05, 0.1) is 11.1 Å². The lowest BCUT2D eigenvalue weighted by Crippen LogP contribution is -2.05. The molecule has 0 aliphatic carbocycles. The van der Waals surface area contributed by atoms with Crippen LogP contribution in [-0.2, 0) is 0 Å². The Kier molecular flexibility index (Phi) is 4.35. The highest BCUT2D eigenvalue weighted by Gasteiger charge is 2.07. The van der Waals surface area contributed by atoms with Gasteiger partial charge in [0, 0.05) is 23.9 Å². The Bertz CT molecular complexity index is 617. The minimum atomic E-state index is -0.418. The van der Waals surface area contributed by atoms with Gasteiger partial charge in [-0.25, -0.2) is 4.39 Å². The van der Waals surface area contributed by atoms with Gasteiger partial charge in [0.2, 0.25) is 0 Å². The molecule has 2 N–H and O–H groups in total. The molecule has 2 aromatic carbocycles. The van der Waals surface area contributed by atoms with Crippen molar-refractivity contribution in [1.82, 2.24) is 0 Å². The summed E-state index contributed by atoms with van der Waals surface area (Å²) in [7, 11) is 0. The Balaban J connectivity index is 2.26. The molecule has 0 atom stereocenters. The van der Waals surface area contributed by atoms with Gasteiger partial charge in [0.25, 0.3) is 0 Å². The molecule has 106 valence electrons. The van der Waals surface area contributed by atoms with Crippen molar-refractivity contribution in [3.63, 3.8) is 0 Å². The topological polar surface area (TPSA) is 44.5 Å². The zero-order valence-corrected chi connectivity index (χ0v) is 11.9. The predicted molar refractivity (Wildman–Crippen MR) is 78.1 cm³/mol. The molecule has 5 heteroatoms. The first-order chi connectivity index (χ1) is 9.44. The van der Waals surface area contributed by atoms with Gasteiger partial charge in [-0.1, -0.05) is 11.6 Å². The van der Waals surface area contributed by atoms with Crippen molar-refractivity contribution in [2.24, 2.45) is 0 Å². The van der Waals surface area contributed by atoms with Crippen molar-refractivity contribution in [1.29, 1.82) is 0 Å². The van der Waals surface area contributed by atoms with Gasteiger partial charge >= 0.3 is 0 Å². The second-order valence-electron chi connectivity index (χ2n) is 4.58. The van der Waals surface area contributed by atoms with Crippen LogP contribution in [-0.4, -0.2) is 6.10 Å². The van der Waals surface area contributed by atoms with Crippen molar-refractivity contribution in [3.05, 3.63) is 47.2 Å². The van der Waals surface area contributed by atoms with Gasteiger partial charge in [0.1, 0.15) is 23.1 Å². The van der Waals surface area contributed by atoms with E-state index in [9.17, 15) is 4.39 Å². The molecule has 0 spiro atoms. The Morgan fingerprint density at radius 2 is 1.80 bits per heavy atom. The van der Waals surface area contributed by atoms with E-state index in [-0.39, 0.29) is 11.1 Å². The lowest BCUT2D eigenvalue weighted by atomic mass is 10.2. The first-order valence-electron chi connectivity index (χ1n) is 6.14. The molecule has 2 rings (SSSR count). The van der Waals surface area contributed by atoms with Gasteiger partial charge in [0.15, 0.2) is 0 Å². The van der Waals surface area contributed by atoms with Crippen molar-refractivity contribution >= 4 is 17.3 Å². The van der Waals surface area contributed by atoms with Crippen LogP contribution in [0, 0.1) is 5.82 Å². The van der Waals surface area contributed by atoms with Crippen molar-refractivity contribution in [3.8, 4) is 17.2 Å². The summed E-state index contributed by atoms with van der Waals surface area (Å²) in [5.41, 5.74) is 6.31. The lowest BCUT2D eigenvalue weighted by Gasteiger charge is -2.13. The highest BCUT2D eigenvalue weighted by atomic mass is 35.5. The highest BCUT2D eigenvalue weighted by molar-refractivity contribution is 6.32. The van der Waals surface area contributed by atoms with Gasteiger partial charge in [-0.2, -0.15) is 0 Å². The number of halogens is 2. The third kappa shape index (κ3) is 3.78. The maximum atomic E-state index is 13.0. The smallest absolute Gasteiger partial charge is 0.146 e. The Hall–Kier alpha value is -1.94. The van der Waals surface area contributed by atoms with E-state index >= 15 is 0 Å². The number of nitrogen functional groups attached to an aromatic ring is 1. The van der Waals surface area contributed by atoms with E-state index in [0.717, 1.165) is 0 Å². The minimum absolute atomic E-state index is 0.0269. The normalized spacial score (nSPS) is 10.7. The number of ether oxygens (including phenoxy) is 2. The van der Waals surface area contributed by atoms with Gasteiger partial charge in [-0.05, 0) is 32.0 Å². The number of anilines is 1. The largest absolute Gasteiger partial charge is 0.491 e. The summed E-state index contributed by atoms with van der Waals surface area (Å²) < 4.78 is 24.2. The van der Waals surface area contributed by atoms with Gasteiger partial charge < -0.3 is 15.2 Å². The molecule has 0 unspecified atom stereocenters. The standard InChI is InChI=1S/C15H15ClFNO2/c1-9(2)19-12-6-11(18)7-13(8-12)20-15-4-3-10(17)5-14(15)16/h3-9H,18H2,1-2H3. The minimum Gasteiger partial charge on any atom is -0.491 e. The predicted octanol–water partition coefficient (Wildman–Crippen LogP) is 4.64. The number of nitrogens with two attached hydrogens (primary N) is 1. The first-order valence-corrected chi connectivity index (χ1v) is 6.52. The molecule has 20 heavy (non-hydrogen) atoms. The van der Waals surface area contributed by atoms with Crippen LogP contribution in [0.1, 0.15) is 13.8 Å².